The summed E-state index contributed by atoms with van der Waals surface area (Å²) in [7, 11) is 0. The monoisotopic (exact) mass is 292 g/mol. The van der Waals surface area contributed by atoms with Crippen LogP contribution in [0.5, 0.6) is 5.75 Å². The third kappa shape index (κ3) is 4.55. The van der Waals surface area contributed by atoms with Crippen molar-refractivity contribution in [2.45, 2.75) is 32.8 Å². The Kier molecular flexibility index (Phi) is 4.60. The number of phenols is 1. The van der Waals surface area contributed by atoms with Gasteiger partial charge in [-0.3, -0.25) is 0 Å². The van der Waals surface area contributed by atoms with Gasteiger partial charge in [0.1, 0.15) is 11.4 Å². The van der Waals surface area contributed by atoms with Crippen molar-refractivity contribution in [2.75, 3.05) is 31.1 Å². The third-order valence-electron chi connectivity index (χ3n) is 3.34. The van der Waals surface area contributed by atoms with Crippen molar-refractivity contribution in [3.8, 4) is 5.75 Å². The summed E-state index contributed by atoms with van der Waals surface area (Å²) in [5.74, 6) is 0.265. The fourth-order valence-corrected chi connectivity index (χ4v) is 2.37. The van der Waals surface area contributed by atoms with Gasteiger partial charge in [-0.25, -0.2) is 4.79 Å². The van der Waals surface area contributed by atoms with Crippen molar-refractivity contribution in [3.63, 3.8) is 0 Å². The molecular formula is C16H24N2O3. The van der Waals surface area contributed by atoms with E-state index in [1.807, 2.05) is 32.9 Å². The molecule has 1 saturated heterocycles. The molecule has 1 N–H and O–H groups in total. The molecule has 0 atom stereocenters. The van der Waals surface area contributed by atoms with E-state index in [9.17, 15) is 9.90 Å². The second-order valence-corrected chi connectivity index (χ2v) is 6.33. The van der Waals surface area contributed by atoms with E-state index in [0.29, 0.717) is 13.1 Å². The van der Waals surface area contributed by atoms with Gasteiger partial charge in [-0.05, 0) is 39.3 Å². The van der Waals surface area contributed by atoms with Crippen molar-refractivity contribution < 1.29 is 14.6 Å². The normalized spacial score (nSPS) is 16.5. The molecule has 1 aromatic carbocycles. The van der Waals surface area contributed by atoms with Crippen LogP contribution in [0.4, 0.5) is 10.5 Å². The molecular weight excluding hydrogens is 268 g/mol. The van der Waals surface area contributed by atoms with Crippen molar-refractivity contribution in [2.24, 2.45) is 0 Å². The van der Waals surface area contributed by atoms with E-state index in [2.05, 4.69) is 4.90 Å². The number of ether oxygens (including phenoxy) is 1. The lowest BCUT2D eigenvalue weighted by molar-refractivity contribution is 0.0263. The smallest absolute Gasteiger partial charge is 0.410 e. The molecule has 1 aliphatic heterocycles. The molecule has 1 aromatic rings. The minimum atomic E-state index is -0.464. The minimum absolute atomic E-state index is 0.250. The molecule has 0 aliphatic carbocycles. The standard InChI is InChI=1S/C16H24N2O3/c1-16(2,3)21-15(20)18-9-5-8-17(10-11-18)13-6-4-7-14(19)12-13/h4,6-7,12,19H,5,8-11H2,1-3H3. The largest absolute Gasteiger partial charge is 0.508 e. The van der Waals surface area contributed by atoms with E-state index in [0.717, 1.165) is 25.2 Å². The van der Waals surface area contributed by atoms with Crippen LogP contribution in [0.2, 0.25) is 0 Å². The quantitative estimate of drug-likeness (QED) is 0.865. The van der Waals surface area contributed by atoms with Crippen LogP contribution in [-0.4, -0.2) is 47.9 Å². The molecule has 0 spiro atoms. The zero-order chi connectivity index (χ0) is 15.5. The maximum absolute atomic E-state index is 12.1. The zero-order valence-corrected chi connectivity index (χ0v) is 13.0. The molecule has 1 amide bonds. The van der Waals surface area contributed by atoms with Crippen LogP contribution >= 0.6 is 0 Å². The van der Waals surface area contributed by atoms with Gasteiger partial charge in [-0.15, -0.1) is 0 Å². The lowest BCUT2D eigenvalue weighted by atomic mass is 10.2. The summed E-state index contributed by atoms with van der Waals surface area (Å²) in [5.41, 5.74) is 0.523. The molecule has 0 unspecified atom stereocenters. The van der Waals surface area contributed by atoms with Gasteiger partial charge >= 0.3 is 6.09 Å². The van der Waals surface area contributed by atoms with Gasteiger partial charge in [0.05, 0.1) is 0 Å². The first-order chi connectivity index (χ1) is 9.85. The average molecular weight is 292 g/mol. The first-order valence-corrected chi connectivity index (χ1v) is 7.37. The van der Waals surface area contributed by atoms with Crippen molar-refractivity contribution >= 4 is 11.8 Å². The number of carbonyl (C=O) groups excluding carboxylic acids is 1. The van der Waals surface area contributed by atoms with Crippen LogP contribution < -0.4 is 4.90 Å². The van der Waals surface area contributed by atoms with E-state index in [1.54, 1.807) is 17.0 Å². The molecule has 0 aromatic heterocycles. The highest BCUT2D eigenvalue weighted by Gasteiger charge is 2.24. The summed E-state index contributed by atoms with van der Waals surface area (Å²) >= 11 is 0. The van der Waals surface area contributed by atoms with Crippen LogP contribution in [0.1, 0.15) is 27.2 Å². The molecule has 1 heterocycles. The Morgan fingerprint density at radius 1 is 1.19 bits per heavy atom. The minimum Gasteiger partial charge on any atom is -0.508 e. The Balaban J connectivity index is 1.97. The number of phenolic OH excluding ortho intramolecular Hbond substituents is 1. The number of aromatic hydroxyl groups is 1. The van der Waals surface area contributed by atoms with Crippen LogP contribution in [0.3, 0.4) is 0 Å². The summed E-state index contributed by atoms with van der Waals surface area (Å²) in [4.78, 5) is 16.1. The van der Waals surface area contributed by atoms with Crippen LogP contribution in [0, 0.1) is 0 Å². The molecule has 0 radical (unpaired) electrons. The predicted molar refractivity (Wildman–Crippen MR) is 82.7 cm³/mol. The maximum Gasteiger partial charge on any atom is 0.410 e. The number of anilines is 1. The lowest BCUT2D eigenvalue weighted by Crippen LogP contribution is -2.39. The average Bonchev–Trinajstić information content (AvgIpc) is 2.62. The first-order valence-electron chi connectivity index (χ1n) is 7.37. The molecule has 5 heteroatoms. The highest BCUT2D eigenvalue weighted by atomic mass is 16.6. The van der Waals surface area contributed by atoms with E-state index >= 15 is 0 Å². The van der Waals surface area contributed by atoms with Crippen molar-refractivity contribution in [1.82, 2.24) is 4.90 Å². The van der Waals surface area contributed by atoms with Gasteiger partial charge in [-0.1, -0.05) is 6.07 Å². The Bertz CT molecular complexity index is 497. The topological polar surface area (TPSA) is 53.0 Å². The summed E-state index contributed by atoms with van der Waals surface area (Å²) in [5, 5.41) is 9.57. The number of hydrogen-bond donors (Lipinski definition) is 1. The van der Waals surface area contributed by atoms with Gasteiger partial charge in [0.2, 0.25) is 0 Å². The summed E-state index contributed by atoms with van der Waals surface area (Å²) < 4.78 is 5.42. The molecule has 5 nitrogen and oxygen atoms in total. The van der Waals surface area contributed by atoms with Crippen LogP contribution in [-0.2, 0) is 4.74 Å². The zero-order valence-electron chi connectivity index (χ0n) is 13.0. The fraction of sp³-hybridized carbons (Fsp3) is 0.562. The summed E-state index contributed by atoms with van der Waals surface area (Å²) in [6.07, 6.45) is 0.634. The highest BCUT2D eigenvalue weighted by Crippen LogP contribution is 2.21. The van der Waals surface area contributed by atoms with Gasteiger partial charge in [0.15, 0.2) is 0 Å². The van der Waals surface area contributed by atoms with Gasteiger partial charge in [-0.2, -0.15) is 0 Å². The van der Waals surface area contributed by atoms with E-state index in [-0.39, 0.29) is 11.8 Å². The summed E-state index contributed by atoms with van der Waals surface area (Å²) in [6, 6.07) is 7.22. The highest BCUT2D eigenvalue weighted by molar-refractivity contribution is 5.68. The predicted octanol–water partition coefficient (Wildman–Crippen LogP) is 2.84. The SMILES string of the molecule is CC(C)(C)OC(=O)N1CCCN(c2cccc(O)c2)CC1. The van der Waals surface area contributed by atoms with Crippen molar-refractivity contribution in [3.05, 3.63) is 24.3 Å². The van der Waals surface area contributed by atoms with Crippen LogP contribution in [0.15, 0.2) is 24.3 Å². The third-order valence-corrected chi connectivity index (χ3v) is 3.34. The van der Waals surface area contributed by atoms with E-state index in [1.165, 1.54) is 0 Å². The molecule has 1 aliphatic rings. The molecule has 0 saturated carbocycles. The Morgan fingerprint density at radius 3 is 2.62 bits per heavy atom. The second kappa shape index (κ2) is 6.24. The molecule has 1 fully saturated rings. The molecule has 2 rings (SSSR count). The van der Waals surface area contributed by atoms with Crippen molar-refractivity contribution in [1.29, 1.82) is 0 Å². The fourth-order valence-electron chi connectivity index (χ4n) is 2.37. The van der Waals surface area contributed by atoms with E-state index < -0.39 is 5.60 Å². The number of rotatable bonds is 1. The number of hydrogen-bond acceptors (Lipinski definition) is 4. The number of nitrogens with zero attached hydrogens (tertiary/aromatic N) is 2. The molecule has 116 valence electrons. The molecule has 0 bridgehead atoms. The van der Waals surface area contributed by atoms with Gasteiger partial charge in [0.25, 0.3) is 0 Å². The number of benzene rings is 1. The number of carbonyl (C=O) groups is 1. The maximum atomic E-state index is 12.1. The molecule has 21 heavy (non-hydrogen) atoms. The van der Waals surface area contributed by atoms with E-state index in [4.69, 9.17) is 4.74 Å². The Labute approximate surface area is 126 Å². The first kappa shape index (κ1) is 15.5. The lowest BCUT2D eigenvalue weighted by Gasteiger charge is -2.27. The Morgan fingerprint density at radius 2 is 1.95 bits per heavy atom. The van der Waals surface area contributed by atoms with Gasteiger partial charge < -0.3 is 19.6 Å². The Hall–Kier alpha value is -1.91. The number of amides is 1. The van der Waals surface area contributed by atoms with Crippen LogP contribution in [0.25, 0.3) is 0 Å². The summed E-state index contributed by atoms with van der Waals surface area (Å²) in [6.45, 7) is 8.56. The second-order valence-electron chi connectivity index (χ2n) is 6.33. The van der Waals surface area contributed by atoms with Gasteiger partial charge in [0, 0.05) is 37.9 Å².